The van der Waals surface area contributed by atoms with Gasteiger partial charge in [-0.1, -0.05) is 12.1 Å². The molecule has 1 fully saturated rings. The quantitative estimate of drug-likeness (QED) is 0.721. The average Bonchev–Trinajstić information content (AvgIpc) is 2.97. The van der Waals surface area contributed by atoms with Crippen molar-refractivity contribution < 1.29 is 23.9 Å². The number of hydrogen-bond acceptors (Lipinski definition) is 5. The topological polar surface area (TPSA) is 107 Å². The van der Waals surface area contributed by atoms with Gasteiger partial charge in [-0.05, 0) is 63.1 Å². The molecule has 30 heavy (non-hydrogen) atoms. The van der Waals surface area contributed by atoms with Gasteiger partial charge in [-0.3, -0.25) is 19.2 Å². The smallest absolute Gasteiger partial charge is 0.306 e. The number of ether oxygens (including phenoxy) is 1. The van der Waals surface area contributed by atoms with Crippen LogP contribution < -0.4 is 5.73 Å². The van der Waals surface area contributed by atoms with Crippen molar-refractivity contribution in [3.05, 3.63) is 34.9 Å². The lowest BCUT2D eigenvalue weighted by molar-refractivity contribution is -0.155. The first-order valence-electron chi connectivity index (χ1n) is 10.5. The number of Topliss-reactive ketones (excluding diaryl/α,β-unsaturated/α-hetero) is 1. The molecule has 7 heteroatoms. The van der Waals surface area contributed by atoms with Crippen LogP contribution in [0.15, 0.2) is 18.2 Å². The van der Waals surface area contributed by atoms with E-state index >= 15 is 0 Å². The molecule has 1 unspecified atom stereocenters. The van der Waals surface area contributed by atoms with Crippen LogP contribution in [0.2, 0.25) is 0 Å². The Kier molecular flexibility index (Phi) is 6.29. The number of nitrogens with zero attached hydrogens (tertiary/aromatic N) is 1. The summed E-state index contributed by atoms with van der Waals surface area (Å²) >= 11 is 0. The Balaban J connectivity index is 1.70. The molecule has 2 N–H and O–H groups in total. The molecular weight excluding hydrogens is 384 g/mol. The van der Waals surface area contributed by atoms with Crippen molar-refractivity contribution in [1.82, 2.24) is 4.90 Å². The minimum Gasteiger partial charge on any atom is -0.460 e. The number of carbonyl (C=O) groups is 4. The number of rotatable bonds is 6. The van der Waals surface area contributed by atoms with Crippen LogP contribution in [0.3, 0.4) is 0 Å². The minimum atomic E-state index is -0.867. The molecule has 2 amide bonds. The Bertz CT molecular complexity index is 861. The molecule has 2 aliphatic rings. The second-order valence-electron chi connectivity index (χ2n) is 9.21. The number of carbonyl (C=O) groups excluding carboxylic acids is 4. The normalized spacial score (nSPS) is 18.3. The molecule has 0 spiro atoms. The van der Waals surface area contributed by atoms with Crippen molar-refractivity contribution in [2.24, 2.45) is 5.73 Å². The molecule has 1 atom stereocenters. The maximum atomic E-state index is 12.9. The fourth-order valence-electron chi connectivity index (χ4n) is 4.24. The maximum absolute atomic E-state index is 12.9. The van der Waals surface area contributed by atoms with Crippen molar-refractivity contribution in [1.29, 1.82) is 0 Å². The molecule has 0 aromatic heterocycles. The predicted molar refractivity (Wildman–Crippen MR) is 111 cm³/mol. The molecule has 1 heterocycles. The van der Waals surface area contributed by atoms with Crippen LogP contribution in [0.1, 0.15) is 86.7 Å². The molecule has 1 aliphatic carbocycles. The Labute approximate surface area is 176 Å². The summed E-state index contributed by atoms with van der Waals surface area (Å²) in [6.45, 7) is 5.61. The number of benzene rings is 1. The fourth-order valence-corrected chi connectivity index (χ4v) is 4.24. The van der Waals surface area contributed by atoms with E-state index in [0.29, 0.717) is 30.1 Å². The van der Waals surface area contributed by atoms with Crippen molar-refractivity contribution in [3.8, 4) is 0 Å². The van der Waals surface area contributed by atoms with Crippen molar-refractivity contribution in [2.45, 2.75) is 83.4 Å². The van der Waals surface area contributed by atoms with Crippen LogP contribution >= 0.6 is 0 Å². The number of nitrogens with two attached hydrogens (primary N) is 1. The summed E-state index contributed by atoms with van der Waals surface area (Å²) in [5, 5.41) is 0. The van der Waals surface area contributed by atoms with E-state index in [0.717, 1.165) is 24.0 Å². The number of esters is 1. The summed E-state index contributed by atoms with van der Waals surface area (Å²) in [7, 11) is 0. The van der Waals surface area contributed by atoms with Crippen LogP contribution in [0.4, 0.5) is 0 Å². The molecule has 7 nitrogen and oxygen atoms in total. The van der Waals surface area contributed by atoms with E-state index in [4.69, 9.17) is 10.5 Å². The van der Waals surface area contributed by atoms with Gasteiger partial charge in [-0.2, -0.15) is 0 Å². The van der Waals surface area contributed by atoms with E-state index in [-0.39, 0.29) is 25.3 Å². The van der Waals surface area contributed by atoms with Crippen molar-refractivity contribution >= 4 is 23.6 Å². The summed E-state index contributed by atoms with van der Waals surface area (Å²) < 4.78 is 5.29. The third-order valence-corrected chi connectivity index (χ3v) is 5.72. The standard InChI is InChI=1S/C23H30N2O5/c1-23(2,3)30-20(27)11-10-19(21(24)28)25-13-16-12-15(6-9-18(16)22(25)29)14-4-7-17(26)8-5-14/h6,9,12,14,19H,4-5,7-8,10-11,13H2,1-3H3,(H2,24,28). The summed E-state index contributed by atoms with van der Waals surface area (Å²) in [5.41, 5.74) is 7.51. The van der Waals surface area contributed by atoms with Gasteiger partial charge in [0.05, 0.1) is 0 Å². The molecule has 0 saturated heterocycles. The van der Waals surface area contributed by atoms with E-state index in [2.05, 4.69) is 0 Å². The summed E-state index contributed by atoms with van der Waals surface area (Å²) in [6.07, 6.45) is 2.99. The van der Waals surface area contributed by atoms with Crippen LogP contribution in [-0.2, 0) is 25.7 Å². The Hall–Kier alpha value is -2.70. The van der Waals surface area contributed by atoms with Crippen LogP contribution in [-0.4, -0.2) is 40.1 Å². The van der Waals surface area contributed by atoms with E-state index < -0.39 is 23.5 Å². The van der Waals surface area contributed by atoms with Crippen LogP contribution in [0.25, 0.3) is 0 Å². The largest absolute Gasteiger partial charge is 0.460 e. The number of primary amides is 1. The SMILES string of the molecule is CC(C)(C)OC(=O)CCC(C(N)=O)N1Cc2cc(C3CCC(=O)CC3)ccc2C1=O. The molecule has 0 radical (unpaired) electrons. The molecule has 0 bridgehead atoms. The lowest BCUT2D eigenvalue weighted by Crippen LogP contribution is -2.45. The minimum absolute atomic E-state index is 0.00630. The van der Waals surface area contributed by atoms with Gasteiger partial charge in [0.2, 0.25) is 5.91 Å². The first-order chi connectivity index (χ1) is 14.0. The number of ketones is 1. The lowest BCUT2D eigenvalue weighted by atomic mass is 9.83. The first kappa shape index (κ1) is 22.0. The molecule has 1 aromatic carbocycles. The molecule has 1 saturated carbocycles. The van der Waals surface area contributed by atoms with Gasteiger partial charge in [0.25, 0.3) is 5.91 Å². The van der Waals surface area contributed by atoms with Gasteiger partial charge in [-0.15, -0.1) is 0 Å². The molecule has 1 aliphatic heterocycles. The molecule has 3 rings (SSSR count). The lowest BCUT2D eigenvalue weighted by Gasteiger charge is -2.25. The Morgan fingerprint density at radius 3 is 2.47 bits per heavy atom. The average molecular weight is 415 g/mol. The monoisotopic (exact) mass is 414 g/mol. The van der Waals surface area contributed by atoms with Crippen LogP contribution in [0.5, 0.6) is 0 Å². The number of amides is 2. The Morgan fingerprint density at radius 2 is 1.87 bits per heavy atom. The third kappa shape index (κ3) is 5.07. The van der Waals surface area contributed by atoms with E-state index in [1.807, 2.05) is 12.1 Å². The highest BCUT2D eigenvalue weighted by Gasteiger charge is 2.36. The second-order valence-corrected chi connectivity index (χ2v) is 9.21. The highest BCUT2D eigenvalue weighted by molar-refractivity contribution is 6.01. The predicted octanol–water partition coefficient (Wildman–Crippen LogP) is 2.84. The van der Waals surface area contributed by atoms with Gasteiger partial charge in [0, 0.05) is 31.4 Å². The summed E-state index contributed by atoms with van der Waals surface area (Å²) in [4.78, 5) is 50.0. The van der Waals surface area contributed by atoms with E-state index in [9.17, 15) is 19.2 Å². The maximum Gasteiger partial charge on any atom is 0.306 e. The zero-order chi connectivity index (χ0) is 22.1. The van der Waals surface area contributed by atoms with Crippen LogP contribution in [0, 0.1) is 0 Å². The van der Waals surface area contributed by atoms with Crippen molar-refractivity contribution in [2.75, 3.05) is 0 Å². The van der Waals surface area contributed by atoms with E-state index in [1.54, 1.807) is 26.8 Å². The highest BCUT2D eigenvalue weighted by atomic mass is 16.6. The van der Waals surface area contributed by atoms with Crippen molar-refractivity contribution in [3.63, 3.8) is 0 Å². The van der Waals surface area contributed by atoms with Gasteiger partial charge in [0.15, 0.2) is 0 Å². The van der Waals surface area contributed by atoms with Gasteiger partial charge in [-0.25, -0.2) is 0 Å². The zero-order valence-electron chi connectivity index (χ0n) is 17.9. The zero-order valence-corrected chi connectivity index (χ0v) is 17.9. The van der Waals surface area contributed by atoms with E-state index in [1.165, 1.54) is 4.90 Å². The summed E-state index contributed by atoms with van der Waals surface area (Å²) in [6, 6.07) is 4.89. The van der Waals surface area contributed by atoms with Gasteiger partial charge < -0.3 is 15.4 Å². The number of hydrogen-bond donors (Lipinski definition) is 1. The first-order valence-corrected chi connectivity index (χ1v) is 10.5. The van der Waals surface area contributed by atoms with Gasteiger partial charge >= 0.3 is 5.97 Å². The molecular formula is C23H30N2O5. The second kappa shape index (κ2) is 8.58. The molecule has 1 aromatic rings. The Morgan fingerprint density at radius 1 is 1.20 bits per heavy atom. The molecule has 162 valence electrons. The van der Waals surface area contributed by atoms with Gasteiger partial charge in [0.1, 0.15) is 17.4 Å². The number of fused-ring (bicyclic) bond motifs is 1. The highest BCUT2D eigenvalue weighted by Crippen LogP contribution is 2.34. The third-order valence-electron chi connectivity index (χ3n) is 5.72. The summed E-state index contributed by atoms with van der Waals surface area (Å²) in [5.74, 6) is -0.680. The fraction of sp³-hybridized carbons (Fsp3) is 0.565.